The van der Waals surface area contributed by atoms with Gasteiger partial charge in [-0.1, -0.05) is 37.6 Å². The number of aromatic nitrogens is 4. The number of anilines is 1. The minimum Gasteiger partial charge on any atom is -0.463 e. The Balaban J connectivity index is 1.81. The molecule has 0 atom stereocenters. The molecule has 4 rings (SSSR count). The Hall–Kier alpha value is -3.65. The van der Waals surface area contributed by atoms with Gasteiger partial charge in [-0.3, -0.25) is 14.6 Å². The summed E-state index contributed by atoms with van der Waals surface area (Å²) in [7, 11) is 0. The van der Waals surface area contributed by atoms with Crippen LogP contribution in [0.4, 0.5) is 5.82 Å². The molecule has 4 aromatic rings. The number of carbonyl (C=O) groups excluding carboxylic acids is 1. The van der Waals surface area contributed by atoms with E-state index in [9.17, 15) is 9.59 Å². The summed E-state index contributed by atoms with van der Waals surface area (Å²) in [6, 6.07) is 13.3. The Morgan fingerprint density at radius 1 is 1.20 bits per heavy atom. The Morgan fingerprint density at radius 2 is 2.00 bits per heavy atom. The van der Waals surface area contributed by atoms with Gasteiger partial charge in [0.2, 0.25) is 5.95 Å². The van der Waals surface area contributed by atoms with E-state index in [0.717, 1.165) is 0 Å². The number of rotatable bonds is 5. The average Bonchev–Trinajstić information content (AvgIpc) is 3.37. The molecule has 3 heterocycles. The quantitative estimate of drug-likeness (QED) is 0.499. The minimum atomic E-state index is -0.421. The molecule has 152 valence electrons. The summed E-state index contributed by atoms with van der Waals surface area (Å²) in [6.07, 6.45) is 1.52. The number of nitrogens with zero attached hydrogens (tertiary/aromatic N) is 3. The Kier molecular flexibility index (Phi) is 5.24. The van der Waals surface area contributed by atoms with Crippen molar-refractivity contribution in [3.05, 3.63) is 81.4 Å². The topological polar surface area (TPSA) is 106 Å². The van der Waals surface area contributed by atoms with Crippen molar-refractivity contribution >= 4 is 23.3 Å². The first-order valence-corrected chi connectivity index (χ1v) is 9.61. The van der Waals surface area contributed by atoms with E-state index < -0.39 is 5.91 Å². The average molecular weight is 424 g/mol. The molecular weight excluding hydrogens is 406 g/mol. The SMILES string of the molecule is CC(C)c1cc(=O)[nH]c(-n2nc(-c3ccco3)cc2NC(=O)c2ccccc2Cl)n1. The Labute approximate surface area is 176 Å². The Bertz CT molecular complexity index is 1260. The molecule has 0 bridgehead atoms. The lowest BCUT2D eigenvalue weighted by Gasteiger charge is -2.10. The lowest BCUT2D eigenvalue weighted by molar-refractivity contribution is 0.102. The van der Waals surface area contributed by atoms with E-state index in [1.165, 1.54) is 17.0 Å². The molecule has 0 aliphatic rings. The van der Waals surface area contributed by atoms with E-state index in [4.69, 9.17) is 16.0 Å². The predicted octanol–water partition coefficient (Wildman–Crippen LogP) is 4.24. The van der Waals surface area contributed by atoms with Gasteiger partial charge in [0.1, 0.15) is 11.5 Å². The van der Waals surface area contributed by atoms with Crippen molar-refractivity contribution in [3.8, 4) is 17.4 Å². The molecular formula is C21H18ClN5O3. The summed E-state index contributed by atoms with van der Waals surface area (Å²) in [6.45, 7) is 3.87. The molecule has 0 spiro atoms. The van der Waals surface area contributed by atoms with Crippen LogP contribution in [-0.2, 0) is 0 Å². The fraction of sp³-hybridized carbons (Fsp3) is 0.143. The highest BCUT2D eigenvalue weighted by atomic mass is 35.5. The summed E-state index contributed by atoms with van der Waals surface area (Å²) in [5, 5.41) is 7.59. The fourth-order valence-corrected chi connectivity index (χ4v) is 3.09. The zero-order valence-electron chi connectivity index (χ0n) is 16.2. The molecule has 3 aromatic heterocycles. The van der Waals surface area contributed by atoms with Gasteiger partial charge < -0.3 is 9.73 Å². The van der Waals surface area contributed by atoms with Gasteiger partial charge in [0, 0.05) is 12.1 Å². The predicted molar refractivity (Wildman–Crippen MR) is 113 cm³/mol. The van der Waals surface area contributed by atoms with Gasteiger partial charge in [-0.2, -0.15) is 9.78 Å². The maximum absolute atomic E-state index is 12.8. The van der Waals surface area contributed by atoms with Crippen molar-refractivity contribution < 1.29 is 9.21 Å². The molecule has 8 nitrogen and oxygen atoms in total. The second kappa shape index (κ2) is 8.00. The number of furan rings is 1. The van der Waals surface area contributed by atoms with Gasteiger partial charge >= 0.3 is 0 Å². The lowest BCUT2D eigenvalue weighted by Crippen LogP contribution is -2.19. The van der Waals surface area contributed by atoms with Crippen LogP contribution in [0.15, 0.2) is 64.0 Å². The van der Waals surface area contributed by atoms with Gasteiger partial charge in [0.25, 0.3) is 11.5 Å². The van der Waals surface area contributed by atoms with Gasteiger partial charge in [-0.25, -0.2) is 4.98 Å². The largest absolute Gasteiger partial charge is 0.463 e. The highest BCUT2D eigenvalue weighted by molar-refractivity contribution is 6.34. The molecule has 1 amide bonds. The van der Waals surface area contributed by atoms with E-state index >= 15 is 0 Å². The second-order valence-corrected chi connectivity index (χ2v) is 7.29. The van der Waals surface area contributed by atoms with Crippen molar-refractivity contribution in [3.63, 3.8) is 0 Å². The van der Waals surface area contributed by atoms with Crippen molar-refractivity contribution in [2.24, 2.45) is 0 Å². The zero-order chi connectivity index (χ0) is 21.3. The normalized spacial score (nSPS) is 11.1. The van der Waals surface area contributed by atoms with Gasteiger partial charge in [0.15, 0.2) is 5.76 Å². The van der Waals surface area contributed by atoms with Gasteiger partial charge in [0.05, 0.1) is 22.5 Å². The summed E-state index contributed by atoms with van der Waals surface area (Å²) in [5.74, 6) is 0.598. The van der Waals surface area contributed by atoms with Crippen LogP contribution >= 0.6 is 11.6 Å². The number of halogens is 1. The van der Waals surface area contributed by atoms with Crippen molar-refractivity contribution in [2.45, 2.75) is 19.8 Å². The second-order valence-electron chi connectivity index (χ2n) is 6.89. The van der Waals surface area contributed by atoms with E-state index in [1.54, 1.807) is 42.5 Å². The molecule has 0 saturated carbocycles. The number of aromatic amines is 1. The van der Waals surface area contributed by atoms with E-state index in [0.29, 0.717) is 33.6 Å². The summed E-state index contributed by atoms with van der Waals surface area (Å²) in [5.41, 5.74) is 1.06. The molecule has 0 radical (unpaired) electrons. The number of hydrogen-bond donors (Lipinski definition) is 2. The lowest BCUT2D eigenvalue weighted by atomic mass is 10.1. The molecule has 0 saturated heterocycles. The number of benzene rings is 1. The van der Waals surface area contributed by atoms with Gasteiger partial charge in [-0.15, -0.1) is 0 Å². The van der Waals surface area contributed by atoms with E-state index in [-0.39, 0.29) is 17.4 Å². The molecule has 0 unspecified atom stereocenters. The molecule has 9 heteroatoms. The molecule has 0 fully saturated rings. The summed E-state index contributed by atoms with van der Waals surface area (Å²) >= 11 is 6.15. The highest BCUT2D eigenvalue weighted by Crippen LogP contribution is 2.25. The highest BCUT2D eigenvalue weighted by Gasteiger charge is 2.19. The maximum atomic E-state index is 12.8. The van der Waals surface area contributed by atoms with Crippen LogP contribution in [-0.4, -0.2) is 25.7 Å². The van der Waals surface area contributed by atoms with Crippen molar-refractivity contribution in [2.75, 3.05) is 5.32 Å². The first kappa shape index (κ1) is 19.7. The monoisotopic (exact) mass is 423 g/mol. The van der Waals surface area contributed by atoms with E-state index in [2.05, 4.69) is 20.4 Å². The summed E-state index contributed by atoms with van der Waals surface area (Å²) in [4.78, 5) is 32.1. The summed E-state index contributed by atoms with van der Waals surface area (Å²) < 4.78 is 6.78. The first-order valence-electron chi connectivity index (χ1n) is 9.24. The van der Waals surface area contributed by atoms with Gasteiger partial charge in [-0.05, 0) is 30.2 Å². The van der Waals surface area contributed by atoms with Crippen molar-refractivity contribution in [1.82, 2.24) is 19.7 Å². The number of H-pyrrole nitrogens is 1. The maximum Gasteiger partial charge on any atom is 0.258 e. The third-order valence-corrected chi connectivity index (χ3v) is 4.71. The fourth-order valence-electron chi connectivity index (χ4n) is 2.86. The van der Waals surface area contributed by atoms with Crippen LogP contribution in [0.2, 0.25) is 5.02 Å². The zero-order valence-corrected chi connectivity index (χ0v) is 17.0. The Morgan fingerprint density at radius 3 is 2.70 bits per heavy atom. The first-order chi connectivity index (χ1) is 14.4. The molecule has 30 heavy (non-hydrogen) atoms. The number of carbonyl (C=O) groups is 1. The molecule has 0 aliphatic carbocycles. The molecule has 0 aliphatic heterocycles. The van der Waals surface area contributed by atoms with Crippen LogP contribution < -0.4 is 10.9 Å². The number of hydrogen-bond acceptors (Lipinski definition) is 5. The minimum absolute atomic E-state index is 0.0346. The van der Waals surface area contributed by atoms with Crippen molar-refractivity contribution in [1.29, 1.82) is 0 Å². The smallest absolute Gasteiger partial charge is 0.258 e. The number of amides is 1. The number of nitrogens with one attached hydrogen (secondary N) is 2. The molecule has 2 N–H and O–H groups in total. The van der Waals surface area contributed by atoms with Crippen LogP contribution in [0.1, 0.15) is 35.8 Å². The van der Waals surface area contributed by atoms with Crippen LogP contribution in [0.5, 0.6) is 0 Å². The van der Waals surface area contributed by atoms with Crippen LogP contribution in [0.25, 0.3) is 17.4 Å². The standard InChI is InChI=1S/C21H18ClN5O3/c1-12(2)15-11-19(28)25-21(23-15)27-18(10-16(26-27)17-8-5-9-30-17)24-20(29)13-6-3-4-7-14(13)22/h3-12H,1-2H3,(H,24,29)(H,23,25,28). The van der Waals surface area contributed by atoms with Crippen LogP contribution in [0.3, 0.4) is 0 Å². The van der Waals surface area contributed by atoms with E-state index in [1.807, 2.05) is 13.8 Å². The van der Waals surface area contributed by atoms with Crippen LogP contribution in [0, 0.1) is 0 Å². The molecule has 1 aromatic carbocycles. The third kappa shape index (κ3) is 3.90. The third-order valence-electron chi connectivity index (χ3n) is 4.38.